The number of hydrogen-bond donors (Lipinski definition) is 1. The minimum atomic E-state index is -1.62. The number of ketones is 1. The van der Waals surface area contributed by atoms with Gasteiger partial charge in [0.25, 0.3) is 0 Å². The van der Waals surface area contributed by atoms with Gasteiger partial charge in [-0.2, -0.15) is 0 Å². The number of fused-ring (bicyclic) bond motifs is 4. The molecule has 2 unspecified atom stereocenters. The lowest BCUT2D eigenvalue weighted by Crippen LogP contribution is -2.43. The van der Waals surface area contributed by atoms with E-state index in [1.54, 1.807) is 13.2 Å². The van der Waals surface area contributed by atoms with Gasteiger partial charge in [0, 0.05) is 16.7 Å². The number of carbonyl (C=O) groups is 1. The number of benzene rings is 2. The van der Waals surface area contributed by atoms with Gasteiger partial charge in [-0.15, -0.1) is 0 Å². The summed E-state index contributed by atoms with van der Waals surface area (Å²) in [5.74, 6) is 1.55. The minimum absolute atomic E-state index is 0.00545. The van der Waals surface area contributed by atoms with Crippen molar-refractivity contribution in [3.63, 3.8) is 0 Å². The van der Waals surface area contributed by atoms with Gasteiger partial charge in [-0.3, -0.25) is 4.79 Å². The Morgan fingerprint density at radius 2 is 1.65 bits per heavy atom. The third kappa shape index (κ3) is 2.96. The van der Waals surface area contributed by atoms with E-state index in [0.29, 0.717) is 52.0 Å². The fraction of sp³-hybridized carbons (Fsp3) is 0.435. The van der Waals surface area contributed by atoms with Crippen LogP contribution in [0.3, 0.4) is 0 Å². The van der Waals surface area contributed by atoms with Crippen LogP contribution in [-0.4, -0.2) is 51.7 Å². The fourth-order valence-electron chi connectivity index (χ4n) is 4.30. The van der Waals surface area contributed by atoms with E-state index >= 15 is 0 Å². The lowest BCUT2D eigenvalue weighted by atomic mass is 9.74. The minimum Gasteiger partial charge on any atom is -0.493 e. The number of ether oxygens (including phenoxy) is 6. The Kier molecular flexibility index (Phi) is 5.13. The van der Waals surface area contributed by atoms with Gasteiger partial charge in [0.2, 0.25) is 18.3 Å². The van der Waals surface area contributed by atoms with Crippen molar-refractivity contribution >= 4 is 5.78 Å². The third-order valence-electron chi connectivity index (χ3n) is 6.18. The fourth-order valence-corrected chi connectivity index (χ4v) is 4.30. The quantitative estimate of drug-likeness (QED) is 0.790. The van der Waals surface area contributed by atoms with Crippen LogP contribution in [0.1, 0.15) is 29.8 Å². The molecule has 2 aromatic carbocycles. The summed E-state index contributed by atoms with van der Waals surface area (Å²) in [6, 6.07) is 3.43. The highest BCUT2D eigenvalue weighted by molar-refractivity contribution is 6.11. The van der Waals surface area contributed by atoms with E-state index in [0.717, 1.165) is 5.56 Å². The van der Waals surface area contributed by atoms with Crippen molar-refractivity contribution in [1.82, 2.24) is 0 Å². The first-order valence-electron chi connectivity index (χ1n) is 9.90. The summed E-state index contributed by atoms with van der Waals surface area (Å²) in [7, 11) is 6.08. The SMILES string of the molecule is COc1cc2c(c(OC)c1OC)-c1c(cc3c(c1OC)OCO3)C(=O)C(C)(O)C(C)C2. The number of carbonyl (C=O) groups excluding carboxylic acids is 1. The van der Waals surface area contributed by atoms with Crippen molar-refractivity contribution in [3.05, 3.63) is 23.3 Å². The molecule has 0 radical (unpaired) electrons. The Labute approximate surface area is 180 Å². The highest BCUT2D eigenvalue weighted by Crippen LogP contribution is 2.56. The Balaban J connectivity index is 2.20. The summed E-state index contributed by atoms with van der Waals surface area (Å²) in [4.78, 5) is 13.6. The molecule has 31 heavy (non-hydrogen) atoms. The van der Waals surface area contributed by atoms with Crippen molar-refractivity contribution in [3.8, 4) is 45.6 Å². The Hall–Kier alpha value is -3.13. The van der Waals surface area contributed by atoms with Crippen molar-refractivity contribution in [1.29, 1.82) is 0 Å². The van der Waals surface area contributed by atoms with E-state index in [9.17, 15) is 9.90 Å². The summed E-state index contributed by atoms with van der Waals surface area (Å²) in [5, 5.41) is 11.2. The van der Waals surface area contributed by atoms with Gasteiger partial charge >= 0.3 is 0 Å². The zero-order valence-corrected chi connectivity index (χ0v) is 18.5. The van der Waals surface area contributed by atoms with E-state index in [1.807, 2.05) is 13.0 Å². The molecule has 1 aliphatic carbocycles. The van der Waals surface area contributed by atoms with Crippen LogP contribution < -0.4 is 28.4 Å². The van der Waals surface area contributed by atoms with Gasteiger partial charge in [0.05, 0.1) is 28.4 Å². The molecule has 4 rings (SSSR count). The van der Waals surface area contributed by atoms with Crippen LogP contribution in [0.25, 0.3) is 11.1 Å². The Morgan fingerprint density at radius 1 is 0.968 bits per heavy atom. The average Bonchev–Trinajstić information content (AvgIpc) is 3.24. The molecule has 0 spiro atoms. The summed E-state index contributed by atoms with van der Waals surface area (Å²) in [5.41, 5.74) is 0.529. The predicted molar refractivity (Wildman–Crippen MR) is 112 cm³/mol. The molecule has 8 nitrogen and oxygen atoms in total. The van der Waals surface area contributed by atoms with Crippen LogP contribution in [0.15, 0.2) is 12.1 Å². The smallest absolute Gasteiger partial charge is 0.231 e. The van der Waals surface area contributed by atoms with Crippen molar-refractivity contribution < 1.29 is 38.3 Å². The molecule has 0 bridgehead atoms. The molecule has 0 aromatic heterocycles. The number of methoxy groups -OCH3 is 4. The zero-order valence-electron chi connectivity index (χ0n) is 18.5. The van der Waals surface area contributed by atoms with Gasteiger partial charge in [-0.05, 0) is 37.0 Å². The standard InChI is InChI=1S/C23H26O8/c1-11-7-12-8-14(26-3)18(27-4)20(28-5)16(12)17-13(22(24)23(11,2)25)9-15-19(21(17)29-6)31-10-30-15/h8-9,11,25H,7,10H2,1-6H3. The Morgan fingerprint density at radius 3 is 2.26 bits per heavy atom. The molecule has 1 heterocycles. The number of rotatable bonds is 4. The molecule has 8 heteroatoms. The lowest BCUT2D eigenvalue weighted by Gasteiger charge is -2.34. The topological polar surface area (TPSA) is 92.7 Å². The van der Waals surface area contributed by atoms with Gasteiger partial charge in [0.15, 0.2) is 28.8 Å². The normalized spacial score (nSPS) is 21.5. The maximum atomic E-state index is 13.6. The lowest BCUT2D eigenvalue weighted by molar-refractivity contribution is 0.0129. The Bertz CT molecular complexity index is 1060. The molecule has 2 aliphatic rings. The number of Topliss-reactive ketones (excluding diaryl/α,β-unsaturated/α-hetero) is 1. The second kappa shape index (κ2) is 7.53. The second-order valence-corrected chi connectivity index (χ2v) is 7.83. The molecule has 2 aromatic rings. The third-order valence-corrected chi connectivity index (χ3v) is 6.18. The highest BCUT2D eigenvalue weighted by Gasteiger charge is 2.44. The summed E-state index contributed by atoms with van der Waals surface area (Å²) in [6.07, 6.45) is 0.391. The van der Waals surface area contributed by atoms with Crippen LogP contribution in [0.5, 0.6) is 34.5 Å². The summed E-state index contributed by atoms with van der Waals surface area (Å²) < 4.78 is 33.8. The second-order valence-electron chi connectivity index (χ2n) is 7.83. The maximum Gasteiger partial charge on any atom is 0.231 e. The van der Waals surface area contributed by atoms with E-state index < -0.39 is 17.3 Å². The summed E-state index contributed by atoms with van der Waals surface area (Å²) in [6.45, 7) is 3.37. The van der Waals surface area contributed by atoms with Gasteiger partial charge in [-0.1, -0.05) is 6.92 Å². The van der Waals surface area contributed by atoms with Gasteiger partial charge in [0.1, 0.15) is 5.60 Å². The van der Waals surface area contributed by atoms with E-state index in [4.69, 9.17) is 28.4 Å². The predicted octanol–water partition coefficient (Wildman–Crippen LogP) is 3.24. The molecule has 0 saturated carbocycles. The first kappa shape index (κ1) is 21.1. The van der Waals surface area contributed by atoms with E-state index in [2.05, 4.69) is 0 Å². The molecule has 1 aliphatic heterocycles. The number of aliphatic hydroxyl groups is 1. The molecule has 1 N–H and O–H groups in total. The molecule has 166 valence electrons. The van der Waals surface area contributed by atoms with Crippen LogP contribution in [0.2, 0.25) is 0 Å². The van der Waals surface area contributed by atoms with E-state index in [1.165, 1.54) is 28.3 Å². The summed E-state index contributed by atoms with van der Waals surface area (Å²) >= 11 is 0. The van der Waals surface area contributed by atoms with Crippen LogP contribution in [0.4, 0.5) is 0 Å². The molecular formula is C23H26O8. The molecule has 2 atom stereocenters. The van der Waals surface area contributed by atoms with Crippen molar-refractivity contribution in [2.45, 2.75) is 25.9 Å². The van der Waals surface area contributed by atoms with Gasteiger partial charge < -0.3 is 33.5 Å². The average molecular weight is 430 g/mol. The highest BCUT2D eigenvalue weighted by atomic mass is 16.7. The van der Waals surface area contributed by atoms with Gasteiger partial charge in [-0.25, -0.2) is 0 Å². The molecule has 0 saturated heterocycles. The zero-order chi connectivity index (χ0) is 22.5. The largest absolute Gasteiger partial charge is 0.493 e. The van der Waals surface area contributed by atoms with Crippen molar-refractivity contribution in [2.75, 3.05) is 35.2 Å². The van der Waals surface area contributed by atoms with Crippen LogP contribution in [-0.2, 0) is 6.42 Å². The van der Waals surface area contributed by atoms with E-state index in [-0.39, 0.29) is 12.4 Å². The molecule has 0 fully saturated rings. The maximum absolute atomic E-state index is 13.6. The monoisotopic (exact) mass is 430 g/mol. The molecule has 0 amide bonds. The molecular weight excluding hydrogens is 404 g/mol. The first-order valence-corrected chi connectivity index (χ1v) is 9.90. The van der Waals surface area contributed by atoms with Crippen LogP contribution >= 0.6 is 0 Å². The van der Waals surface area contributed by atoms with Crippen molar-refractivity contribution in [2.24, 2.45) is 5.92 Å². The first-order chi connectivity index (χ1) is 14.8. The number of hydrogen-bond acceptors (Lipinski definition) is 8. The van der Waals surface area contributed by atoms with Crippen LogP contribution in [0, 0.1) is 5.92 Å².